The van der Waals surface area contributed by atoms with Crippen molar-refractivity contribution in [1.82, 2.24) is 0 Å². The summed E-state index contributed by atoms with van der Waals surface area (Å²) in [6.07, 6.45) is 0.864. The van der Waals surface area contributed by atoms with Crippen LogP contribution in [0.25, 0.3) is 0 Å². The van der Waals surface area contributed by atoms with Gasteiger partial charge in [-0.15, -0.1) is 0 Å². The van der Waals surface area contributed by atoms with Gasteiger partial charge in [0.05, 0.1) is 6.10 Å². The van der Waals surface area contributed by atoms with Crippen LogP contribution >= 0.6 is 0 Å². The van der Waals surface area contributed by atoms with Gasteiger partial charge in [0.15, 0.2) is 0 Å². The Morgan fingerprint density at radius 1 is 1.47 bits per heavy atom. The molecule has 0 saturated heterocycles. The second kappa shape index (κ2) is 5.51. The summed E-state index contributed by atoms with van der Waals surface area (Å²) in [5.74, 6) is -0.795. The molecular weight excluding hydrogens is 192 g/mol. The quantitative estimate of drug-likeness (QED) is 0.779. The molecule has 0 radical (unpaired) electrons. The Balaban J connectivity index is 2.69. The first-order valence-corrected chi connectivity index (χ1v) is 5.12. The molecule has 0 heterocycles. The zero-order valence-electron chi connectivity index (χ0n) is 8.81. The lowest BCUT2D eigenvalue weighted by Gasteiger charge is -2.09. The molecule has 15 heavy (non-hydrogen) atoms. The van der Waals surface area contributed by atoms with Crippen LogP contribution in [0.2, 0.25) is 0 Å². The predicted molar refractivity (Wildman–Crippen MR) is 57.6 cm³/mol. The molecule has 0 fully saturated rings. The molecule has 82 valence electrons. The largest absolute Gasteiger partial charge is 0.481 e. The smallest absolute Gasteiger partial charge is 0.303 e. The number of aliphatic hydroxyl groups excluding tert-OH is 1. The van der Waals surface area contributed by atoms with Gasteiger partial charge in [-0.1, -0.05) is 31.2 Å². The summed E-state index contributed by atoms with van der Waals surface area (Å²) in [6, 6.07) is 7.47. The fraction of sp³-hybridized carbons (Fsp3) is 0.417. The second-order valence-electron chi connectivity index (χ2n) is 3.56. The number of rotatable bonds is 5. The molecule has 0 aliphatic rings. The monoisotopic (exact) mass is 208 g/mol. The molecular formula is C12H16O3. The van der Waals surface area contributed by atoms with Crippen molar-refractivity contribution in [2.45, 2.75) is 32.3 Å². The molecule has 3 heteroatoms. The lowest BCUT2D eigenvalue weighted by molar-refractivity contribution is -0.136. The molecule has 0 aliphatic carbocycles. The molecule has 1 aromatic rings. The average molecular weight is 208 g/mol. The van der Waals surface area contributed by atoms with Crippen LogP contribution in [-0.4, -0.2) is 16.2 Å². The highest BCUT2D eigenvalue weighted by Crippen LogP contribution is 2.17. The third kappa shape index (κ3) is 3.72. The minimum absolute atomic E-state index is 0.131. The summed E-state index contributed by atoms with van der Waals surface area (Å²) in [4.78, 5) is 10.4. The molecule has 0 bridgehead atoms. The molecule has 0 spiro atoms. The SMILES string of the molecule is CCC(O)c1cccc(CCC(=O)O)c1. The highest BCUT2D eigenvalue weighted by molar-refractivity contribution is 5.67. The number of carboxylic acids is 1. The minimum atomic E-state index is -0.795. The van der Waals surface area contributed by atoms with E-state index in [0.717, 1.165) is 11.1 Å². The van der Waals surface area contributed by atoms with Crippen LogP contribution in [0.15, 0.2) is 24.3 Å². The first kappa shape index (κ1) is 11.7. The van der Waals surface area contributed by atoms with Gasteiger partial charge >= 0.3 is 5.97 Å². The molecule has 0 saturated carbocycles. The van der Waals surface area contributed by atoms with Crippen molar-refractivity contribution in [2.75, 3.05) is 0 Å². The van der Waals surface area contributed by atoms with E-state index < -0.39 is 12.1 Å². The van der Waals surface area contributed by atoms with Crippen LogP contribution < -0.4 is 0 Å². The summed E-state index contributed by atoms with van der Waals surface area (Å²) >= 11 is 0. The van der Waals surface area contributed by atoms with E-state index in [1.807, 2.05) is 31.2 Å². The first-order chi connectivity index (χ1) is 7.13. The molecule has 1 atom stereocenters. The van der Waals surface area contributed by atoms with E-state index in [0.29, 0.717) is 12.8 Å². The number of aryl methyl sites for hydroxylation is 1. The van der Waals surface area contributed by atoms with Gasteiger partial charge in [0.2, 0.25) is 0 Å². The zero-order chi connectivity index (χ0) is 11.3. The van der Waals surface area contributed by atoms with Crippen molar-refractivity contribution in [3.05, 3.63) is 35.4 Å². The Labute approximate surface area is 89.4 Å². The van der Waals surface area contributed by atoms with Crippen molar-refractivity contribution in [3.8, 4) is 0 Å². The fourth-order valence-corrected chi connectivity index (χ4v) is 1.44. The van der Waals surface area contributed by atoms with Crippen LogP contribution in [0.3, 0.4) is 0 Å². The Bertz CT molecular complexity index is 333. The number of aliphatic hydroxyl groups is 1. The molecule has 1 unspecified atom stereocenters. The van der Waals surface area contributed by atoms with Gasteiger partial charge in [-0.2, -0.15) is 0 Å². The van der Waals surface area contributed by atoms with Crippen LogP contribution in [-0.2, 0) is 11.2 Å². The molecule has 1 rings (SSSR count). The Morgan fingerprint density at radius 2 is 2.20 bits per heavy atom. The van der Waals surface area contributed by atoms with E-state index in [1.165, 1.54) is 0 Å². The van der Waals surface area contributed by atoms with Gasteiger partial charge in [0, 0.05) is 6.42 Å². The number of hydrogen-bond acceptors (Lipinski definition) is 2. The Hall–Kier alpha value is -1.35. The van der Waals surface area contributed by atoms with Crippen LogP contribution in [0, 0.1) is 0 Å². The molecule has 0 aliphatic heterocycles. The van der Waals surface area contributed by atoms with E-state index in [4.69, 9.17) is 5.11 Å². The van der Waals surface area contributed by atoms with E-state index >= 15 is 0 Å². The molecule has 0 amide bonds. The van der Waals surface area contributed by atoms with Crippen LogP contribution in [0.1, 0.15) is 37.0 Å². The number of aliphatic carboxylic acids is 1. The van der Waals surface area contributed by atoms with E-state index in [9.17, 15) is 9.90 Å². The fourth-order valence-electron chi connectivity index (χ4n) is 1.44. The Kier molecular flexibility index (Phi) is 4.31. The number of hydrogen-bond donors (Lipinski definition) is 2. The van der Waals surface area contributed by atoms with Crippen molar-refractivity contribution in [2.24, 2.45) is 0 Å². The molecule has 0 aromatic heterocycles. The number of carboxylic acid groups (broad SMARTS) is 1. The highest BCUT2D eigenvalue weighted by atomic mass is 16.4. The summed E-state index contributed by atoms with van der Waals surface area (Å²) in [6.45, 7) is 1.91. The van der Waals surface area contributed by atoms with Crippen molar-refractivity contribution in [1.29, 1.82) is 0 Å². The van der Waals surface area contributed by atoms with E-state index in [1.54, 1.807) is 0 Å². The minimum Gasteiger partial charge on any atom is -0.481 e. The van der Waals surface area contributed by atoms with Gasteiger partial charge in [0.1, 0.15) is 0 Å². The van der Waals surface area contributed by atoms with Crippen LogP contribution in [0.5, 0.6) is 0 Å². The standard InChI is InChI=1S/C12H16O3/c1-2-11(13)10-5-3-4-9(8-10)6-7-12(14)15/h3-5,8,11,13H,2,6-7H2,1H3,(H,14,15). The van der Waals surface area contributed by atoms with Gasteiger partial charge < -0.3 is 10.2 Å². The number of carbonyl (C=O) groups is 1. The maximum atomic E-state index is 10.4. The predicted octanol–water partition coefficient (Wildman–Crippen LogP) is 2.15. The van der Waals surface area contributed by atoms with Crippen molar-refractivity contribution in [3.63, 3.8) is 0 Å². The van der Waals surface area contributed by atoms with E-state index in [2.05, 4.69) is 0 Å². The second-order valence-corrected chi connectivity index (χ2v) is 3.56. The van der Waals surface area contributed by atoms with Gasteiger partial charge in [-0.25, -0.2) is 0 Å². The normalized spacial score (nSPS) is 12.4. The molecule has 1 aromatic carbocycles. The van der Waals surface area contributed by atoms with Crippen LogP contribution in [0.4, 0.5) is 0 Å². The topological polar surface area (TPSA) is 57.5 Å². The van der Waals surface area contributed by atoms with Crippen molar-refractivity contribution < 1.29 is 15.0 Å². The summed E-state index contributed by atoms with van der Waals surface area (Å²) in [5, 5.41) is 18.2. The summed E-state index contributed by atoms with van der Waals surface area (Å²) in [7, 11) is 0. The van der Waals surface area contributed by atoms with Gasteiger partial charge in [-0.3, -0.25) is 4.79 Å². The third-order valence-electron chi connectivity index (χ3n) is 2.35. The zero-order valence-corrected chi connectivity index (χ0v) is 8.81. The lowest BCUT2D eigenvalue weighted by atomic mass is 10.0. The molecule has 2 N–H and O–H groups in total. The Morgan fingerprint density at radius 3 is 2.80 bits per heavy atom. The first-order valence-electron chi connectivity index (χ1n) is 5.12. The lowest BCUT2D eigenvalue weighted by Crippen LogP contribution is -1.99. The van der Waals surface area contributed by atoms with E-state index in [-0.39, 0.29) is 6.42 Å². The average Bonchev–Trinajstić information content (AvgIpc) is 2.25. The van der Waals surface area contributed by atoms with Gasteiger partial charge in [-0.05, 0) is 24.0 Å². The summed E-state index contributed by atoms with van der Waals surface area (Å²) < 4.78 is 0. The maximum absolute atomic E-state index is 10.4. The summed E-state index contributed by atoms with van der Waals surface area (Å²) in [5.41, 5.74) is 1.82. The van der Waals surface area contributed by atoms with Gasteiger partial charge in [0.25, 0.3) is 0 Å². The number of benzene rings is 1. The third-order valence-corrected chi connectivity index (χ3v) is 2.35. The van der Waals surface area contributed by atoms with Crippen molar-refractivity contribution >= 4 is 5.97 Å². The highest BCUT2D eigenvalue weighted by Gasteiger charge is 2.05. The maximum Gasteiger partial charge on any atom is 0.303 e. The molecule has 3 nitrogen and oxygen atoms in total.